The van der Waals surface area contributed by atoms with E-state index in [0.29, 0.717) is 13.2 Å². The van der Waals surface area contributed by atoms with Gasteiger partial charge in [-0.3, -0.25) is 4.79 Å². The number of carbonyl (C=O) groups is 1. The molecule has 1 aliphatic rings. The number of aromatic nitrogens is 1. The number of hydrogen-bond acceptors (Lipinski definition) is 4. The molecule has 1 saturated carbocycles. The molecule has 4 nitrogen and oxygen atoms in total. The van der Waals surface area contributed by atoms with E-state index in [-0.39, 0.29) is 11.8 Å². The van der Waals surface area contributed by atoms with Crippen molar-refractivity contribution in [3.63, 3.8) is 0 Å². The van der Waals surface area contributed by atoms with E-state index in [4.69, 9.17) is 4.74 Å². The van der Waals surface area contributed by atoms with Gasteiger partial charge in [0.05, 0.1) is 12.2 Å². The lowest BCUT2D eigenvalue weighted by molar-refractivity contribution is -0.133. The van der Waals surface area contributed by atoms with E-state index in [9.17, 15) is 4.79 Å². The minimum atomic E-state index is 0.260. The molecular formula is C19H24N2O2S. The van der Waals surface area contributed by atoms with Gasteiger partial charge in [0.15, 0.2) is 0 Å². The van der Waals surface area contributed by atoms with Gasteiger partial charge in [-0.05, 0) is 50.8 Å². The van der Waals surface area contributed by atoms with Crippen LogP contribution in [0.2, 0.25) is 0 Å². The van der Waals surface area contributed by atoms with Crippen LogP contribution in [0.1, 0.15) is 41.6 Å². The molecule has 1 aliphatic carbocycles. The summed E-state index contributed by atoms with van der Waals surface area (Å²) in [5, 5.41) is 2.98. The quantitative estimate of drug-likeness (QED) is 0.759. The van der Waals surface area contributed by atoms with Crippen molar-refractivity contribution in [3.05, 3.63) is 45.4 Å². The molecule has 1 fully saturated rings. The summed E-state index contributed by atoms with van der Waals surface area (Å²) >= 11 is 1.59. The largest absolute Gasteiger partial charge is 0.486 e. The van der Waals surface area contributed by atoms with Crippen LogP contribution in [0.25, 0.3) is 0 Å². The molecule has 2 aromatic rings. The summed E-state index contributed by atoms with van der Waals surface area (Å²) in [6.07, 6.45) is 2.09. The SMILES string of the molecule is CCN(Cc1csc(COc2cccc(C)c2C)n1)C(=O)C1CC1. The van der Waals surface area contributed by atoms with Crippen molar-refractivity contribution < 1.29 is 9.53 Å². The van der Waals surface area contributed by atoms with Crippen molar-refractivity contribution in [1.82, 2.24) is 9.88 Å². The first-order valence-electron chi connectivity index (χ1n) is 8.49. The molecule has 1 amide bonds. The fraction of sp³-hybridized carbons (Fsp3) is 0.474. The Kier molecular flexibility index (Phi) is 5.19. The molecule has 0 aliphatic heterocycles. The monoisotopic (exact) mass is 344 g/mol. The first kappa shape index (κ1) is 17.0. The van der Waals surface area contributed by atoms with Gasteiger partial charge < -0.3 is 9.64 Å². The van der Waals surface area contributed by atoms with Gasteiger partial charge in [0, 0.05) is 17.8 Å². The first-order valence-corrected chi connectivity index (χ1v) is 9.37. The van der Waals surface area contributed by atoms with E-state index < -0.39 is 0 Å². The van der Waals surface area contributed by atoms with Gasteiger partial charge in [-0.25, -0.2) is 4.98 Å². The molecule has 0 unspecified atom stereocenters. The average molecular weight is 344 g/mol. The fourth-order valence-corrected chi connectivity index (χ4v) is 3.33. The highest BCUT2D eigenvalue weighted by Crippen LogP contribution is 2.31. The maximum absolute atomic E-state index is 12.2. The van der Waals surface area contributed by atoms with Gasteiger partial charge in [0.1, 0.15) is 17.4 Å². The molecule has 5 heteroatoms. The lowest BCUT2D eigenvalue weighted by Gasteiger charge is -2.19. The summed E-state index contributed by atoms with van der Waals surface area (Å²) in [4.78, 5) is 18.7. The van der Waals surface area contributed by atoms with Gasteiger partial charge in [-0.1, -0.05) is 12.1 Å². The number of amides is 1. The molecule has 0 saturated heterocycles. The van der Waals surface area contributed by atoms with Crippen molar-refractivity contribution in [2.75, 3.05) is 6.54 Å². The van der Waals surface area contributed by atoms with Crippen molar-refractivity contribution in [3.8, 4) is 5.75 Å². The first-order chi connectivity index (χ1) is 11.6. The molecule has 24 heavy (non-hydrogen) atoms. The Morgan fingerprint density at radius 1 is 1.38 bits per heavy atom. The van der Waals surface area contributed by atoms with Crippen LogP contribution in [0.15, 0.2) is 23.6 Å². The number of benzene rings is 1. The molecule has 3 rings (SSSR count). The lowest BCUT2D eigenvalue weighted by atomic mass is 10.1. The van der Waals surface area contributed by atoms with Crippen LogP contribution in [-0.4, -0.2) is 22.3 Å². The minimum Gasteiger partial charge on any atom is -0.486 e. The predicted molar refractivity (Wildman–Crippen MR) is 96.2 cm³/mol. The summed E-state index contributed by atoms with van der Waals surface area (Å²) in [7, 11) is 0. The van der Waals surface area contributed by atoms with Crippen molar-refractivity contribution in [2.45, 2.75) is 46.8 Å². The topological polar surface area (TPSA) is 42.4 Å². The molecule has 0 radical (unpaired) electrons. The second kappa shape index (κ2) is 7.34. The normalized spacial score (nSPS) is 13.8. The summed E-state index contributed by atoms with van der Waals surface area (Å²) < 4.78 is 5.91. The number of thiazole rings is 1. The Bertz CT molecular complexity index is 722. The average Bonchev–Trinajstić information content (AvgIpc) is 3.34. The highest BCUT2D eigenvalue weighted by molar-refractivity contribution is 7.09. The molecule has 1 aromatic carbocycles. The number of rotatable bonds is 7. The smallest absolute Gasteiger partial charge is 0.226 e. The number of ether oxygens (including phenoxy) is 1. The van der Waals surface area contributed by atoms with Gasteiger partial charge in [-0.15, -0.1) is 11.3 Å². The van der Waals surface area contributed by atoms with Crippen LogP contribution >= 0.6 is 11.3 Å². The molecule has 0 spiro atoms. The third-order valence-electron chi connectivity index (χ3n) is 4.48. The van der Waals surface area contributed by atoms with E-state index in [1.807, 2.05) is 29.3 Å². The van der Waals surface area contributed by atoms with E-state index in [1.165, 1.54) is 11.1 Å². The molecular weight excluding hydrogens is 320 g/mol. The van der Waals surface area contributed by atoms with Crippen LogP contribution in [0.3, 0.4) is 0 Å². The van der Waals surface area contributed by atoms with Crippen molar-refractivity contribution in [1.29, 1.82) is 0 Å². The number of nitrogens with zero attached hydrogens (tertiary/aromatic N) is 2. The Balaban J connectivity index is 1.58. The molecule has 0 atom stereocenters. The Hall–Kier alpha value is -1.88. The zero-order valence-corrected chi connectivity index (χ0v) is 15.4. The molecule has 1 aromatic heterocycles. The third-order valence-corrected chi connectivity index (χ3v) is 5.35. The Labute approximate surface area is 147 Å². The van der Waals surface area contributed by atoms with E-state index in [1.54, 1.807) is 11.3 Å². The maximum Gasteiger partial charge on any atom is 0.226 e. The second-order valence-corrected chi connectivity index (χ2v) is 7.29. The summed E-state index contributed by atoms with van der Waals surface area (Å²) in [5.74, 6) is 1.44. The van der Waals surface area contributed by atoms with Crippen LogP contribution < -0.4 is 4.74 Å². The molecule has 0 N–H and O–H groups in total. The second-order valence-electron chi connectivity index (χ2n) is 6.35. The van der Waals surface area contributed by atoms with Crippen LogP contribution in [-0.2, 0) is 17.9 Å². The highest BCUT2D eigenvalue weighted by atomic mass is 32.1. The lowest BCUT2D eigenvalue weighted by Crippen LogP contribution is -2.31. The Morgan fingerprint density at radius 3 is 2.88 bits per heavy atom. The highest BCUT2D eigenvalue weighted by Gasteiger charge is 2.33. The third kappa shape index (κ3) is 3.96. The number of carbonyl (C=O) groups excluding carboxylic acids is 1. The van der Waals surface area contributed by atoms with Crippen LogP contribution in [0, 0.1) is 19.8 Å². The zero-order valence-electron chi connectivity index (χ0n) is 14.5. The summed E-state index contributed by atoms with van der Waals surface area (Å²) in [6.45, 7) is 7.99. The molecule has 0 bridgehead atoms. The standard InChI is InChI=1S/C19H24N2O2S/c1-4-21(19(22)15-8-9-15)10-16-12-24-18(20-16)11-23-17-7-5-6-13(2)14(17)3/h5-7,12,15H,4,8-11H2,1-3H3. The van der Waals surface area contributed by atoms with E-state index >= 15 is 0 Å². The van der Waals surface area contributed by atoms with Crippen LogP contribution in [0.5, 0.6) is 5.75 Å². The maximum atomic E-state index is 12.2. The number of aryl methyl sites for hydroxylation is 1. The van der Waals surface area contributed by atoms with Crippen LogP contribution in [0.4, 0.5) is 0 Å². The molecule has 1 heterocycles. The summed E-state index contributed by atoms with van der Waals surface area (Å²) in [5.41, 5.74) is 3.35. The van der Waals surface area contributed by atoms with Gasteiger partial charge in [-0.2, -0.15) is 0 Å². The summed E-state index contributed by atoms with van der Waals surface area (Å²) in [6, 6.07) is 6.08. The van der Waals surface area contributed by atoms with Gasteiger partial charge >= 0.3 is 0 Å². The minimum absolute atomic E-state index is 0.260. The van der Waals surface area contributed by atoms with Gasteiger partial charge in [0.25, 0.3) is 0 Å². The predicted octanol–water partition coefficient (Wildman–Crippen LogP) is 4.10. The van der Waals surface area contributed by atoms with E-state index in [2.05, 4.69) is 24.9 Å². The van der Waals surface area contributed by atoms with E-state index in [0.717, 1.165) is 35.8 Å². The van der Waals surface area contributed by atoms with Gasteiger partial charge in [0.2, 0.25) is 5.91 Å². The zero-order chi connectivity index (χ0) is 17.1. The Morgan fingerprint density at radius 2 is 2.17 bits per heavy atom. The number of hydrogen-bond donors (Lipinski definition) is 0. The molecule has 128 valence electrons. The van der Waals surface area contributed by atoms with Crippen molar-refractivity contribution in [2.24, 2.45) is 5.92 Å². The van der Waals surface area contributed by atoms with Crippen molar-refractivity contribution >= 4 is 17.2 Å². The fourth-order valence-electron chi connectivity index (χ4n) is 2.64.